The van der Waals surface area contributed by atoms with Crippen LogP contribution in [-0.4, -0.2) is 61.4 Å². The molecule has 1 aliphatic heterocycles. The quantitative estimate of drug-likeness (QED) is 0.711. The molecule has 2 atom stereocenters. The van der Waals surface area contributed by atoms with E-state index in [4.69, 9.17) is 9.84 Å². The van der Waals surface area contributed by atoms with Crippen molar-refractivity contribution in [1.29, 1.82) is 0 Å². The minimum Gasteiger partial charge on any atom is -0.480 e. The Balaban J connectivity index is 2.31. The lowest BCUT2D eigenvalue weighted by Gasteiger charge is -2.30. The van der Waals surface area contributed by atoms with Crippen LogP contribution in [0.25, 0.3) is 0 Å². The first kappa shape index (κ1) is 15.4. The van der Waals surface area contributed by atoms with Crippen LogP contribution in [0.15, 0.2) is 0 Å². The fourth-order valence-electron chi connectivity index (χ4n) is 2.14. The number of carboxylic acid groups (broad SMARTS) is 1. The van der Waals surface area contributed by atoms with Gasteiger partial charge in [-0.15, -0.1) is 0 Å². The van der Waals surface area contributed by atoms with Gasteiger partial charge in [0.25, 0.3) is 0 Å². The SMILES string of the molecule is CNC(C)(CCN(C)CC1CCCCO1)C(=O)O. The van der Waals surface area contributed by atoms with Gasteiger partial charge in [0.15, 0.2) is 0 Å². The van der Waals surface area contributed by atoms with Crippen molar-refractivity contribution < 1.29 is 14.6 Å². The topological polar surface area (TPSA) is 61.8 Å². The molecule has 18 heavy (non-hydrogen) atoms. The minimum atomic E-state index is -0.846. The molecule has 1 aliphatic rings. The first-order valence-electron chi connectivity index (χ1n) is 6.70. The zero-order valence-electron chi connectivity index (χ0n) is 11.7. The van der Waals surface area contributed by atoms with Crippen molar-refractivity contribution in [3.8, 4) is 0 Å². The van der Waals surface area contributed by atoms with Gasteiger partial charge in [-0.1, -0.05) is 0 Å². The van der Waals surface area contributed by atoms with Crippen LogP contribution in [0, 0.1) is 0 Å². The largest absolute Gasteiger partial charge is 0.480 e. The number of hydrogen-bond donors (Lipinski definition) is 2. The molecule has 1 rings (SSSR count). The lowest BCUT2D eigenvalue weighted by Crippen LogP contribution is -2.49. The number of rotatable bonds is 7. The smallest absolute Gasteiger partial charge is 0.323 e. The van der Waals surface area contributed by atoms with Gasteiger partial charge < -0.3 is 20.1 Å². The first-order valence-corrected chi connectivity index (χ1v) is 6.70. The average Bonchev–Trinajstić information content (AvgIpc) is 2.37. The van der Waals surface area contributed by atoms with Gasteiger partial charge in [-0.05, 0) is 46.7 Å². The van der Waals surface area contributed by atoms with Gasteiger partial charge in [0.1, 0.15) is 5.54 Å². The van der Waals surface area contributed by atoms with Crippen molar-refractivity contribution in [2.75, 3.05) is 33.8 Å². The second kappa shape index (κ2) is 7.07. The fourth-order valence-corrected chi connectivity index (χ4v) is 2.14. The third kappa shape index (κ3) is 4.55. The van der Waals surface area contributed by atoms with Crippen molar-refractivity contribution in [1.82, 2.24) is 10.2 Å². The number of aliphatic carboxylic acids is 1. The summed E-state index contributed by atoms with van der Waals surface area (Å²) in [6.45, 7) is 4.23. The number of ether oxygens (including phenoxy) is 1. The van der Waals surface area contributed by atoms with Gasteiger partial charge in [0.05, 0.1) is 6.10 Å². The van der Waals surface area contributed by atoms with E-state index in [0.717, 1.165) is 32.5 Å². The highest BCUT2D eigenvalue weighted by molar-refractivity contribution is 5.78. The lowest BCUT2D eigenvalue weighted by atomic mass is 9.98. The van der Waals surface area contributed by atoms with E-state index in [1.807, 2.05) is 7.05 Å². The van der Waals surface area contributed by atoms with Gasteiger partial charge in [-0.25, -0.2) is 0 Å². The molecule has 0 saturated carbocycles. The summed E-state index contributed by atoms with van der Waals surface area (Å²) in [5, 5.41) is 12.0. The summed E-state index contributed by atoms with van der Waals surface area (Å²) in [7, 11) is 3.72. The predicted octanol–water partition coefficient (Wildman–Crippen LogP) is 0.940. The standard InChI is InChI=1S/C13H26N2O3/c1-13(14-2,12(16)17)7-8-15(3)10-11-6-4-5-9-18-11/h11,14H,4-10H2,1-3H3,(H,16,17). The summed E-state index contributed by atoms with van der Waals surface area (Å²) in [5.41, 5.74) is -0.846. The highest BCUT2D eigenvalue weighted by Crippen LogP contribution is 2.15. The van der Waals surface area contributed by atoms with Crippen molar-refractivity contribution in [3.63, 3.8) is 0 Å². The fraction of sp³-hybridized carbons (Fsp3) is 0.923. The summed E-state index contributed by atoms with van der Waals surface area (Å²) in [6, 6.07) is 0. The molecule has 1 fully saturated rings. The maximum Gasteiger partial charge on any atom is 0.323 e. The molecule has 0 amide bonds. The molecule has 1 saturated heterocycles. The van der Waals surface area contributed by atoms with E-state index < -0.39 is 11.5 Å². The molecular formula is C13H26N2O3. The molecule has 0 aromatic rings. The summed E-state index contributed by atoms with van der Waals surface area (Å²) >= 11 is 0. The Morgan fingerprint density at radius 1 is 1.56 bits per heavy atom. The lowest BCUT2D eigenvalue weighted by molar-refractivity contribution is -0.144. The van der Waals surface area contributed by atoms with Gasteiger partial charge in [0, 0.05) is 19.7 Å². The Bertz CT molecular complexity index is 267. The highest BCUT2D eigenvalue weighted by Gasteiger charge is 2.31. The maximum absolute atomic E-state index is 11.1. The highest BCUT2D eigenvalue weighted by atomic mass is 16.5. The van der Waals surface area contributed by atoms with Gasteiger partial charge in [-0.3, -0.25) is 4.79 Å². The number of likely N-dealkylation sites (N-methyl/N-ethyl adjacent to an activating group) is 2. The molecule has 0 radical (unpaired) electrons. The molecule has 1 heterocycles. The van der Waals surface area contributed by atoms with Crippen LogP contribution in [0.2, 0.25) is 0 Å². The van der Waals surface area contributed by atoms with E-state index in [0.29, 0.717) is 12.5 Å². The van der Waals surface area contributed by atoms with E-state index in [1.165, 1.54) is 6.42 Å². The summed E-state index contributed by atoms with van der Waals surface area (Å²) in [4.78, 5) is 13.3. The Morgan fingerprint density at radius 2 is 2.28 bits per heavy atom. The monoisotopic (exact) mass is 258 g/mol. The van der Waals surface area contributed by atoms with E-state index in [1.54, 1.807) is 14.0 Å². The minimum absolute atomic E-state index is 0.314. The normalized spacial score (nSPS) is 23.9. The number of hydrogen-bond acceptors (Lipinski definition) is 4. The molecule has 2 unspecified atom stereocenters. The molecule has 5 nitrogen and oxygen atoms in total. The number of carboxylic acids is 1. The average molecular weight is 258 g/mol. The maximum atomic E-state index is 11.1. The van der Waals surface area contributed by atoms with Crippen LogP contribution in [0.1, 0.15) is 32.6 Å². The van der Waals surface area contributed by atoms with Crippen LogP contribution in [0.3, 0.4) is 0 Å². The zero-order valence-corrected chi connectivity index (χ0v) is 11.7. The van der Waals surface area contributed by atoms with Crippen molar-refractivity contribution in [2.24, 2.45) is 0 Å². The molecule has 106 valence electrons. The Hall–Kier alpha value is -0.650. The van der Waals surface area contributed by atoms with Crippen molar-refractivity contribution >= 4 is 5.97 Å². The molecule has 0 spiro atoms. The van der Waals surface area contributed by atoms with E-state index in [9.17, 15) is 4.79 Å². The Morgan fingerprint density at radius 3 is 2.78 bits per heavy atom. The second-order valence-corrected chi connectivity index (χ2v) is 5.39. The summed E-state index contributed by atoms with van der Waals surface area (Å²) < 4.78 is 5.68. The number of nitrogens with zero attached hydrogens (tertiary/aromatic N) is 1. The van der Waals surface area contributed by atoms with Gasteiger partial charge in [-0.2, -0.15) is 0 Å². The zero-order chi connectivity index (χ0) is 13.6. The van der Waals surface area contributed by atoms with Crippen LogP contribution in [0.4, 0.5) is 0 Å². The third-order valence-electron chi connectivity index (χ3n) is 3.81. The van der Waals surface area contributed by atoms with Crippen LogP contribution in [-0.2, 0) is 9.53 Å². The van der Waals surface area contributed by atoms with Crippen molar-refractivity contribution in [3.05, 3.63) is 0 Å². The Labute approximate surface area is 109 Å². The first-order chi connectivity index (χ1) is 8.48. The predicted molar refractivity (Wildman–Crippen MR) is 70.8 cm³/mol. The molecule has 0 aromatic heterocycles. The van der Waals surface area contributed by atoms with Crippen LogP contribution in [0.5, 0.6) is 0 Å². The summed E-state index contributed by atoms with van der Waals surface area (Å²) in [6.07, 6.45) is 4.42. The second-order valence-electron chi connectivity index (χ2n) is 5.39. The van der Waals surface area contributed by atoms with Crippen LogP contribution < -0.4 is 5.32 Å². The molecular weight excluding hydrogens is 232 g/mol. The van der Waals surface area contributed by atoms with Gasteiger partial charge in [0.2, 0.25) is 0 Å². The van der Waals surface area contributed by atoms with Gasteiger partial charge >= 0.3 is 5.97 Å². The molecule has 0 aromatic carbocycles. The third-order valence-corrected chi connectivity index (χ3v) is 3.81. The Kier molecular flexibility index (Phi) is 6.05. The van der Waals surface area contributed by atoms with E-state index >= 15 is 0 Å². The molecule has 2 N–H and O–H groups in total. The van der Waals surface area contributed by atoms with Crippen LogP contribution >= 0.6 is 0 Å². The van der Waals surface area contributed by atoms with Crippen molar-refractivity contribution in [2.45, 2.75) is 44.2 Å². The number of carbonyl (C=O) groups is 1. The summed E-state index contributed by atoms with van der Waals surface area (Å²) in [5.74, 6) is -0.799. The number of nitrogens with one attached hydrogen (secondary N) is 1. The van der Waals surface area contributed by atoms with E-state index in [2.05, 4.69) is 10.2 Å². The molecule has 5 heteroatoms. The molecule has 0 aliphatic carbocycles. The molecule has 0 bridgehead atoms. The van der Waals surface area contributed by atoms with E-state index in [-0.39, 0.29) is 0 Å².